The number of fused-ring (bicyclic) bond motifs is 1. The van der Waals surface area contributed by atoms with Gasteiger partial charge in [-0.1, -0.05) is 6.92 Å². The highest BCUT2D eigenvalue weighted by Gasteiger charge is 2.07. The first-order valence-corrected chi connectivity index (χ1v) is 10.3. The van der Waals surface area contributed by atoms with Crippen molar-refractivity contribution >= 4 is 50.7 Å². The van der Waals surface area contributed by atoms with Gasteiger partial charge in [-0.25, -0.2) is 12.8 Å². The molecule has 1 heterocycles. The lowest BCUT2D eigenvalue weighted by Crippen LogP contribution is -2.38. The van der Waals surface area contributed by atoms with Crippen molar-refractivity contribution in [3.63, 3.8) is 0 Å². The number of H-pyrrole nitrogens is 1. The molecule has 0 saturated heterocycles. The van der Waals surface area contributed by atoms with Gasteiger partial charge >= 0.3 is 0 Å². The van der Waals surface area contributed by atoms with Crippen molar-refractivity contribution in [2.24, 2.45) is 4.99 Å². The summed E-state index contributed by atoms with van der Waals surface area (Å²) in [6, 6.07) is 4.68. The Labute approximate surface area is 171 Å². The van der Waals surface area contributed by atoms with Crippen molar-refractivity contribution in [2.45, 2.75) is 20.3 Å². The van der Waals surface area contributed by atoms with Crippen molar-refractivity contribution in [1.29, 1.82) is 0 Å². The van der Waals surface area contributed by atoms with Gasteiger partial charge in [0.25, 0.3) is 0 Å². The van der Waals surface area contributed by atoms with Crippen molar-refractivity contribution in [2.75, 3.05) is 31.1 Å². The van der Waals surface area contributed by atoms with Crippen LogP contribution in [-0.4, -0.2) is 50.5 Å². The minimum absolute atomic E-state index is 0. The maximum atomic E-state index is 13.4. The van der Waals surface area contributed by atoms with E-state index in [1.165, 1.54) is 12.1 Å². The molecule has 0 aliphatic rings. The Bertz CT molecular complexity index is 836. The number of rotatable bonds is 8. The molecule has 0 radical (unpaired) electrons. The molecule has 0 bridgehead atoms. The van der Waals surface area contributed by atoms with Gasteiger partial charge in [0.15, 0.2) is 15.8 Å². The summed E-state index contributed by atoms with van der Waals surface area (Å²) < 4.78 is 36.4. The van der Waals surface area contributed by atoms with E-state index in [2.05, 4.69) is 20.6 Å². The van der Waals surface area contributed by atoms with E-state index in [0.717, 1.165) is 16.5 Å². The predicted molar refractivity (Wildman–Crippen MR) is 116 cm³/mol. The molecule has 2 aromatic rings. The predicted octanol–water partition coefficient (Wildman–Crippen LogP) is 2.46. The molecule has 0 atom stereocenters. The van der Waals surface area contributed by atoms with Gasteiger partial charge < -0.3 is 15.6 Å². The lowest BCUT2D eigenvalue weighted by Gasteiger charge is -2.11. The summed E-state index contributed by atoms with van der Waals surface area (Å²) in [5.74, 6) is 0.499. The number of nitrogens with zero attached hydrogens (tertiary/aromatic N) is 1. The molecule has 0 saturated carbocycles. The number of aliphatic imine (C=N–C) groups is 1. The van der Waals surface area contributed by atoms with E-state index in [9.17, 15) is 12.8 Å². The number of hydrogen-bond donors (Lipinski definition) is 3. The van der Waals surface area contributed by atoms with Crippen molar-refractivity contribution in [3.05, 3.63) is 35.8 Å². The highest BCUT2D eigenvalue weighted by Crippen LogP contribution is 2.19. The number of benzene rings is 1. The lowest BCUT2D eigenvalue weighted by molar-refractivity contribution is 0.597. The first kappa shape index (κ1) is 22.7. The summed E-state index contributed by atoms with van der Waals surface area (Å²) in [6.07, 6.45) is 2.57. The van der Waals surface area contributed by atoms with Crippen LogP contribution in [0.5, 0.6) is 0 Å². The van der Waals surface area contributed by atoms with Gasteiger partial charge in [-0.2, -0.15) is 0 Å². The number of halogens is 2. The Hall–Kier alpha value is -1.36. The average molecular weight is 496 g/mol. The van der Waals surface area contributed by atoms with Crippen molar-refractivity contribution < 1.29 is 12.8 Å². The Morgan fingerprint density at radius 2 is 2.04 bits per heavy atom. The minimum atomic E-state index is -3.02. The van der Waals surface area contributed by atoms with E-state index >= 15 is 0 Å². The second-order valence-corrected chi connectivity index (χ2v) is 8.15. The van der Waals surface area contributed by atoms with Crippen molar-refractivity contribution in [3.8, 4) is 0 Å². The number of nitrogens with one attached hydrogen (secondary N) is 3. The maximum Gasteiger partial charge on any atom is 0.191 e. The van der Waals surface area contributed by atoms with Crippen molar-refractivity contribution in [1.82, 2.24) is 15.6 Å². The third-order valence-electron chi connectivity index (χ3n) is 3.87. The Balaban J connectivity index is 0.00000338. The molecule has 0 aliphatic heterocycles. The zero-order chi connectivity index (χ0) is 18.3. The maximum absolute atomic E-state index is 13.4. The summed E-state index contributed by atoms with van der Waals surface area (Å²) in [5.41, 5.74) is 1.92. The van der Waals surface area contributed by atoms with Crippen LogP contribution in [0.4, 0.5) is 4.39 Å². The van der Waals surface area contributed by atoms with E-state index in [4.69, 9.17) is 0 Å². The molecule has 2 rings (SSSR count). The zero-order valence-electron chi connectivity index (χ0n) is 15.0. The van der Waals surface area contributed by atoms with Crippen LogP contribution in [0.1, 0.15) is 19.4 Å². The first-order chi connectivity index (χ1) is 11.9. The van der Waals surface area contributed by atoms with Crippen LogP contribution in [0.2, 0.25) is 0 Å². The second kappa shape index (κ2) is 10.7. The third kappa shape index (κ3) is 6.75. The Morgan fingerprint density at radius 1 is 1.27 bits per heavy atom. The number of aromatic nitrogens is 1. The molecule has 146 valence electrons. The number of guanidine groups is 1. The second-order valence-electron chi connectivity index (χ2n) is 5.68. The first-order valence-electron chi connectivity index (χ1n) is 8.43. The number of hydrogen-bond acceptors (Lipinski definition) is 3. The number of aromatic amines is 1. The lowest BCUT2D eigenvalue weighted by atomic mass is 10.1. The monoisotopic (exact) mass is 496 g/mol. The summed E-state index contributed by atoms with van der Waals surface area (Å²) in [7, 11) is -3.02. The highest BCUT2D eigenvalue weighted by molar-refractivity contribution is 14.0. The molecule has 1 aromatic heterocycles. The molecule has 0 fully saturated rings. The molecule has 0 spiro atoms. The standard InChI is InChI=1S/C17H25FN4O2S.HI/c1-3-19-17(21-9-10-25(23,24)4-2)20-8-7-13-12-22-16-6-5-14(18)11-15(13)16;/h5-6,11-12,22H,3-4,7-10H2,1-2H3,(H2,19,20,21);1H. The molecule has 0 unspecified atom stereocenters. The van der Waals surface area contributed by atoms with Crippen LogP contribution in [0.15, 0.2) is 29.4 Å². The minimum Gasteiger partial charge on any atom is -0.361 e. The van der Waals surface area contributed by atoms with E-state index in [0.29, 0.717) is 25.5 Å². The zero-order valence-corrected chi connectivity index (χ0v) is 18.2. The summed E-state index contributed by atoms with van der Waals surface area (Å²) in [5, 5.41) is 7.14. The van der Waals surface area contributed by atoms with Crippen LogP contribution in [0.3, 0.4) is 0 Å². The summed E-state index contributed by atoms with van der Waals surface area (Å²) in [4.78, 5) is 7.42. The molecular formula is C17H26FIN4O2S. The molecule has 3 N–H and O–H groups in total. The molecular weight excluding hydrogens is 470 g/mol. The fourth-order valence-corrected chi connectivity index (χ4v) is 3.11. The summed E-state index contributed by atoms with van der Waals surface area (Å²) >= 11 is 0. The van der Waals surface area contributed by atoms with Crippen LogP contribution < -0.4 is 10.6 Å². The van der Waals surface area contributed by atoms with Crippen LogP contribution in [-0.2, 0) is 16.3 Å². The SMILES string of the molecule is CCNC(=NCCS(=O)(=O)CC)NCCc1c[nH]c2ccc(F)cc12.I. The van der Waals surface area contributed by atoms with Crippen LogP contribution in [0, 0.1) is 5.82 Å². The summed E-state index contributed by atoms with van der Waals surface area (Å²) in [6.45, 7) is 5.10. The van der Waals surface area contributed by atoms with Crippen LogP contribution in [0.25, 0.3) is 10.9 Å². The average Bonchev–Trinajstić information content (AvgIpc) is 2.97. The van der Waals surface area contributed by atoms with Gasteiger partial charge in [0, 0.05) is 35.9 Å². The topological polar surface area (TPSA) is 86.3 Å². The van der Waals surface area contributed by atoms with Gasteiger partial charge in [0.05, 0.1) is 12.3 Å². The smallest absolute Gasteiger partial charge is 0.191 e. The van der Waals surface area contributed by atoms with E-state index in [-0.39, 0.29) is 47.8 Å². The quantitative estimate of drug-likeness (QED) is 0.298. The van der Waals surface area contributed by atoms with E-state index in [1.54, 1.807) is 13.0 Å². The van der Waals surface area contributed by atoms with Gasteiger partial charge in [-0.3, -0.25) is 4.99 Å². The van der Waals surface area contributed by atoms with Crippen LogP contribution >= 0.6 is 24.0 Å². The fourth-order valence-electron chi connectivity index (χ4n) is 2.46. The van der Waals surface area contributed by atoms with Gasteiger partial charge in [0.1, 0.15) is 5.82 Å². The fraction of sp³-hybridized carbons (Fsp3) is 0.471. The third-order valence-corrected chi connectivity index (χ3v) is 5.56. The Kier molecular flexibility index (Phi) is 9.34. The van der Waals surface area contributed by atoms with Gasteiger partial charge in [-0.05, 0) is 37.1 Å². The normalized spacial score (nSPS) is 12.0. The molecule has 0 amide bonds. The van der Waals surface area contributed by atoms with Gasteiger partial charge in [0.2, 0.25) is 0 Å². The molecule has 1 aromatic carbocycles. The van der Waals surface area contributed by atoms with E-state index < -0.39 is 9.84 Å². The molecule has 6 nitrogen and oxygen atoms in total. The van der Waals surface area contributed by atoms with E-state index in [1.807, 2.05) is 13.1 Å². The highest BCUT2D eigenvalue weighted by atomic mass is 127. The molecule has 26 heavy (non-hydrogen) atoms. The van der Waals surface area contributed by atoms with Gasteiger partial charge in [-0.15, -0.1) is 24.0 Å². The number of sulfone groups is 1. The molecule has 0 aliphatic carbocycles. The molecule has 9 heteroatoms. The largest absolute Gasteiger partial charge is 0.361 e. The Morgan fingerprint density at radius 3 is 2.73 bits per heavy atom.